The van der Waals surface area contributed by atoms with E-state index in [0.29, 0.717) is 13.3 Å². The van der Waals surface area contributed by atoms with Crippen LogP contribution in [0.4, 0.5) is 5.69 Å². The van der Waals surface area contributed by atoms with Crippen molar-refractivity contribution in [2.45, 2.75) is 13.3 Å². The van der Waals surface area contributed by atoms with Gasteiger partial charge in [-0.1, -0.05) is 15.9 Å². The van der Waals surface area contributed by atoms with Crippen molar-refractivity contribution in [3.8, 4) is 0 Å². The Balaban J connectivity index is 1.84. The highest BCUT2D eigenvalue weighted by Gasteiger charge is 2.08. The van der Waals surface area contributed by atoms with Crippen molar-refractivity contribution in [3.63, 3.8) is 0 Å². The Bertz CT molecular complexity index is 595. The van der Waals surface area contributed by atoms with Gasteiger partial charge in [-0.2, -0.15) is 10.2 Å². The minimum absolute atomic E-state index is 0.675. The molecule has 0 unspecified atom stereocenters. The summed E-state index contributed by atoms with van der Waals surface area (Å²) in [5.74, 6) is 0. The summed E-state index contributed by atoms with van der Waals surface area (Å²) in [6.07, 6.45) is 7.48. The minimum Gasteiger partial charge on any atom is -0.332 e. The van der Waals surface area contributed by atoms with Crippen molar-refractivity contribution >= 4 is 21.6 Å². The fraction of sp³-hybridized carbons (Fsp3) is 0.143. The van der Waals surface area contributed by atoms with E-state index in [1.807, 2.05) is 46.0 Å². The lowest BCUT2D eigenvalue weighted by molar-refractivity contribution is 0.499. The highest BCUT2D eigenvalue weighted by atomic mass is 79.9. The van der Waals surface area contributed by atoms with Crippen LogP contribution in [-0.2, 0) is 13.3 Å². The van der Waals surface area contributed by atoms with Crippen molar-refractivity contribution < 1.29 is 0 Å². The third-order valence-corrected chi connectivity index (χ3v) is 3.47. The van der Waals surface area contributed by atoms with Crippen LogP contribution < -0.4 is 4.90 Å². The summed E-state index contributed by atoms with van der Waals surface area (Å²) in [5.41, 5.74) is 1.12. The van der Waals surface area contributed by atoms with Gasteiger partial charge in [-0.05, 0) is 36.4 Å². The molecule has 0 spiro atoms. The van der Waals surface area contributed by atoms with E-state index in [0.717, 1.165) is 10.2 Å². The van der Waals surface area contributed by atoms with Gasteiger partial charge in [0.15, 0.2) is 0 Å². The molecule has 0 amide bonds. The Hall–Kier alpha value is -2.08. The number of hydrogen-bond donors (Lipinski definition) is 0. The largest absolute Gasteiger partial charge is 0.332 e. The first-order valence-electron chi connectivity index (χ1n) is 6.26. The summed E-state index contributed by atoms with van der Waals surface area (Å²) in [4.78, 5) is 2.20. The Morgan fingerprint density at radius 1 is 0.900 bits per heavy atom. The SMILES string of the molecule is Brc1ccc(N(Cn2cccn2)Cn2cccn2)cc1. The van der Waals surface area contributed by atoms with Crippen molar-refractivity contribution in [2.24, 2.45) is 0 Å². The van der Waals surface area contributed by atoms with Gasteiger partial charge in [0.25, 0.3) is 0 Å². The van der Waals surface area contributed by atoms with Gasteiger partial charge in [0.1, 0.15) is 13.3 Å². The van der Waals surface area contributed by atoms with Crippen molar-refractivity contribution in [1.29, 1.82) is 0 Å². The van der Waals surface area contributed by atoms with Gasteiger partial charge in [-0.3, -0.25) is 9.36 Å². The zero-order valence-corrected chi connectivity index (χ0v) is 12.4. The summed E-state index contributed by atoms with van der Waals surface area (Å²) in [7, 11) is 0. The van der Waals surface area contributed by atoms with Crippen LogP contribution in [0.2, 0.25) is 0 Å². The van der Waals surface area contributed by atoms with Gasteiger partial charge in [0.2, 0.25) is 0 Å². The monoisotopic (exact) mass is 331 g/mol. The Labute approximate surface area is 125 Å². The van der Waals surface area contributed by atoms with Crippen molar-refractivity contribution in [1.82, 2.24) is 19.6 Å². The van der Waals surface area contributed by atoms with E-state index >= 15 is 0 Å². The van der Waals surface area contributed by atoms with Crippen LogP contribution in [0.1, 0.15) is 0 Å². The predicted molar refractivity (Wildman–Crippen MR) is 81.1 cm³/mol. The van der Waals surface area contributed by atoms with E-state index in [-0.39, 0.29) is 0 Å². The summed E-state index contributed by atoms with van der Waals surface area (Å²) in [5, 5.41) is 8.53. The van der Waals surface area contributed by atoms with E-state index in [2.05, 4.69) is 43.2 Å². The van der Waals surface area contributed by atoms with Gasteiger partial charge >= 0.3 is 0 Å². The molecule has 0 atom stereocenters. The van der Waals surface area contributed by atoms with Gasteiger partial charge in [-0.25, -0.2) is 0 Å². The van der Waals surface area contributed by atoms with Gasteiger partial charge in [0.05, 0.1) is 0 Å². The minimum atomic E-state index is 0.675. The summed E-state index contributed by atoms with van der Waals surface area (Å²) >= 11 is 3.46. The lowest BCUT2D eigenvalue weighted by Crippen LogP contribution is -2.29. The molecule has 5 nitrogen and oxygen atoms in total. The number of benzene rings is 1. The quantitative estimate of drug-likeness (QED) is 0.721. The first-order chi connectivity index (χ1) is 9.81. The molecule has 0 radical (unpaired) electrons. The molecule has 0 aliphatic rings. The molecule has 0 aliphatic carbocycles. The fourth-order valence-electron chi connectivity index (χ4n) is 1.98. The second-order valence-electron chi connectivity index (χ2n) is 4.39. The summed E-state index contributed by atoms with van der Waals surface area (Å²) in [6, 6.07) is 12.1. The normalized spacial score (nSPS) is 10.7. The first-order valence-corrected chi connectivity index (χ1v) is 7.06. The smallest absolute Gasteiger partial charge is 0.113 e. The average Bonchev–Trinajstić information content (AvgIpc) is 3.12. The predicted octanol–water partition coefficient (Wildman–Crippen LogP) is 2.96. The lowest BCUT2D eigenvalue weighted by atomic mass is 10.3. The van der Waals surface area contributed by atoms with E-state index < -0.39 is 0 Å². The van der Waals surface area contributed by atoms with Crippen LogP contribution in [0.25, 0.3) is 0 Å². The van der Waals surface area contributed by atoms with Gasteiger partial charge in [0, 0.05) is 34.9 Å². The fourth-order valence-corrected chi connectivity index (χ4v) is 2.24. The second kappa shape index (κ2) is 5.92. The molecule has 0 fully saturated rings. The molecule has 0 saturated heterocycles. The maximum absolute atomic E-state index is 4.26. The zero-order chi connectivity index (χ0) is 13.8. The zero-order valence-electron chi connectivity index (χ0n) is 10.8. The Morgan fingerprint density at radius 3 is 1.90 bits per heavy atom. The topological polar surface area (TPSA) is 38.9 Å². The summed E-state index contributed by atoms with van der Waals surface area (Å²) in [6.45, 7) is 1.35. The molecular formula is C14H14BrN5. The molecular weight excluding hydrogens is 318 g/mol. The highest BCUT2D eigenvalue weighted by molar-refractivity contribution is 9.10. The van der Waals surface area contributed by atoms with E-state index in [1.165, 1.54) is 0 Å². The van der Waals surface area contributed by atoms with E-state index in [9.17, 15) is 0 Å². The van der Waals surface area contributed by atoms with Crippen LogP contribution in [0, 0.1) is 0 Å². The van der Waals surface area contributed by atoms with Crippen LogP contribution >= 0.6 is 15.9 Å². The molecule has 3 rings (SSSR count). The highest BCUT2D eigenvalue weighted by Crippen LogP contribution is 2.19. The number of aromatic nitrogens is 4. The molecule has 0 N–H and O–H groups in total. The number of anilines is 1. The molecule has 20 heavy (non-hydrogen) atoms. The number of nitrogens with zero attached hydrogens (tertiary/aromatic N) is 5. The van der Waals surface area contributed by atoms with Crippen LogP contribution in [0.15, 0.2) is 65.7 Å². The van der Waals surface area contributed by atoms with Crippen molar-refractivity contribution in [2.75, 3.05) is 4.90 Å². The first kappa shape index (κ1) is 12.9. The van der Waals surface area contributed by atoms with Gasteiger partial charge in [-0.15, -0.1) is 0 Å². The molecule has 102 valence electrons. The molecule has 2 aromatic heterocycles. The maximum atomic E-state index is 4.26. The van der Waals surface area contributed by atoms with E-state index in [1.54, 1.807) is 12.4 Å². The third kappa shape index (κ3) is 3.08. The Morgan fingerprint density at radius 2 is 1.45 bits per heavy atom. The van der Waals surface area contributed by atoms with Crippen LogP contribution in [0.5, 0.6) is 0 Å². The number of rotatable bonds is 5. The molecule has 0 aliphatic heterocycles. The average molecular weight is 332 g/mol. The summed E-state index contributed by atoms with van der Waals surface area (Å²) < 4.78 is 4.86. The third-order valence-electron chi connectivity index (χ3n) is 2.94. The number of hydrogen-bond acceptors (Lipinski definition) is 3. The second-order valence-corrected chi connectivity index (χ2v) is 5.31. The maximum Gasteiger partial charge on any atom is 0.113 e. The van der Waals surface area contributed by atoms with Gasteiger partial charge < -0.3 is 4.90 Å². The van der Waals surface area contributed by atoms with Crippen LogP contribution in [0.3, 0.4) is 0 Å². The Kier molecular flexibility index (Phi) is 3.83. The van der Waals surface area contributed by atoms with Crippen LogP contribution in [-0.4, -0.2) is 19.6 Å². The molecule has 3 aromatic rings. The standard InChI is InChI=1S/C14H14BrN5/c15-13-3-5-14(6-4-13)18(11-19-9-1-7-16-19)12-20-10-2-8-17-20/h1-10H,11-12H2. The molecule has 1 aromatic carbocycles. The molecule has 2 heterocycles. The van der Waals surface area contributed by atoms with E-state index in [4.69, 9.17) is 0 Å². The van der Waals surface area contributed by atoms with Crippen molar-refractivity contribution in [3.05, 3.63) is 65.7 Å². The molecule has 6 heteroatoms. The molecule has 0 saturated carbocycles. The number of halogens is 1. The molecule has 0 bridgehead atoms. The lowest BCUT2D eigenvalue weighted by Gasteiger charge is -2.24.